The van der Waals surface area contributed by atoms with Crippen LogP contribution in [0.1, 0.15) is 50.2 Å². The number of carbonyl (C=O) groups excluding carboxylic acids is 2. The minimum atomic E-state index is -4.25. The Balaban J connectivity index is 1.73. The van der Waals surface area contributed by atoms with Gasteiger partial charge in [-0.1, -0.05) is 62.2 Å². The van der Waals surface area contributed by atoms with Gasteiger partial charge in [-0.15, -0.1) is 0 Å². The summed E-state index contributed by atoms with van der Waals surface area (Å²) in [5.41, 5.74) is 1.66. The molecule has 1 unspecified atom stereocenters. The second-order valence-corrected chi connectivity index (χ2v) is 12.3. The molecule has 1 aliphatic rings. The van der Waals surface area contributed by atoms with Gasteiger partial charge < -0.3 is 10.2 Å². The number of hydrogen-bond acceptors (Lipinski definition) is 6. The first-order valence-corrected chi connectivity index (χ1v) is 15.5. The van der Waals surface area contributed by atoms with E-state index < -0.39 is 33.4 Å². The monoisotopic (exact) mass is 592 g/mol. The molecule has 0 spiro atoms. The maximum atomic E-state index is 14.2. The summed E-state index contributed by atoms with van der Waals surface area (Å²) in [6, 6.07) is 19.5. The summed E-state index contributed by atoms with van der Waals surface area (Å²) in [4.78, 5) is 39.8. The maximum Gasteiger partial charge on any atom is 0.269 e. The van der Waals surface area contributed by atoms with Gasteiger partial charge in [-0.05, 0) is 61.6 Å². The summed E-state index contributed by atoms with van der Waals surface area (Å²) in [6.07, 6.45) is 4.18. The molecular formula is C31H36N4O6S. The predicted molar refractivity (Wildman–Crippen MR) is 160 cm³/mol. The van der Waals surface area contributed by atoms with E-state index >= 15 is 0 Å². The standard InChI is InChI=1S/C31H36N4O6S/c1-3-29(31(37)32-25-13-9-10-14-25)33(21-24-12-8-7-11-23(24)2)30(36)22-34(26-17-19-27(20-18-26)35(38)39)42(40,41)28-15-5-4-6-16-28/h4-8,11-12,15-20,25,29H,3,9-10,13-14,21-22H2,1-2H3,(H,32,37). The fourth-order valence-electron chi connectivity index (χ4n) is 5.25. The van der Waals surface area contributed by atoms with Gasteiger partial charge in [0.15, 0.2) is 0 Å². The number of carbonyl (C=O) groups is 2. The molecule has 0 radical (unpaired) electrons. The van der Waals surface area contributed by atoms with Crippen LogP contribution in [0, 0.1) is 17.0 Å². The third-order valence-corrected chi connectivity index (χ3v) is 9.44. The molecule has 1 saturated carbocycles. The number of hydrogen-bond donors (Lipinski definition) is 1. The summed E-state index contributed by atoms with van der Waals surface area (Å²) in [5.74, 6) is -0.830. The highest BCUT2D eigenvalue weighted by molar-refractivity contribution is 7.92. The first-order valence-electron chi connectivity index (χ1n) is 14.1. The van der Waals surface area contributed by atoms with Crippen LogP contribution in [0.4, 0.5) is 11.4 Å². The molecule has 222 valence electrons. The molecule has 0 aromatic heterocycles. The lowest BCUT2D eigenvalue weighted by Gasteiger charge is -2.34. The lowest BCUT2D eigenvalue weighted by atomic mass is 10.1. The Bertz CT molecular complexity index is 1510. The number of rotatable bonds is 12. The number of nitro groups is 1. The van der Waals surface area contributed by atoms with Crippen molar-refractivity contribution in [2.75, 3.05) is 10.8 Å². The summed E-state index contributed by atoms with van der Waals surface area (Å²) in [6.45, 7) is 3.25. The zero-order valence-electron chi connectivity index (χ0n) is 23.8. The van der Waals surface area contributed by atoms with Gasteiger partial charge in [0.05, 0.1) is 15.5 Å². The van der Waals surface area contributed by atoms with Gasteiger partial charge in [0.2, 0.25) is 11.8 Å². The molecule has 10 nitrogen and oxygen atoms in total. The number of sulfonamides is 1. The van der Waals surface area contributed by atoms with Crippen LogP contribution in [0.15, 0.2) is 83.8 Å². The van der Waals surface area contributed by atoms with Crippen LogP contribution in [-0.2, 0) is 26.2 Å². The van der Waals surface area contributed by atoms with E-state index in [0.717, 1.165) is 41.1 Å². The van der Waals surface area contributed by atoms with Crippen molar-refractivity contribution in [2.45, 2.75) is 69.5 Å². The maximum absolute atomic E-state index is 14.2. The first-order chi connectivity index (χ1) is 20.1. The number of anilines is 1. The molecule has 2 amide bonds. The Hall–Kier alpha value is -4.25. The fraction of sp³-hybridized carbons (Fsp3) is 0.355. The molecule has 42 heavy (non-hydrogen) atoms. The molecule has 1 aliphatic carbocycles. The van der Waals surface area contributed by atoms with Crippen LogP contribution in [0.3, 0.4) is 0 Å². The third kappa shape index (κ3) is 7.14. The lowest BCUT2D eigenvalue weighted by Crippen LogP contribution is -2.53. The average Bonchev–Trinajstić information content (AvgIpc) is 3.50. The van der Waals surface area contributed by atoms with Crippen LogP contribution in [0.5, 0.6) is 0 Å². The average molecular weight is 593 g/mol. The van der Waals surface area contributed by atoms with Gasteiger partial charge in [-0.2, -0.15) is 0 Å². The van der Waals surface area contributed by atoms with Gasteiger partial charge in [-0.3, -0.25) is 24.0 Å². The van der Waals surface area contributed by atoms with Gasteiger partial charge >= 0.3 is 0 Å². The zero-order chi connectivity index (χ0) is 30.3. The lowest BCUT2D eigenvalue weighted by molar-refractivity contribution is -0.384. The van der Waals surface area contributed by atoms with Crippen molar-refractivity contribution >= 4 is 33.2 Å². The molecule has 3 aromatic rings. The Morgan fingerprint density at radius 2 is 1.60 bits per heavy atom. The molecule has 4 rings (SSSR count). The van der Waals surface area contributed by atoms with Crippen LogP contribution < -0.4 is 9.62 Å². The topological polar surface area (TPSA) is 130 Å². The molecule has 1 N–H and O–H groups in total. The number of nitrogens with zero attached hydrogens (tertiary/aromatic N) is 3. The molecule has 1 atom stereocenters. The summed E-state index contributed by atoms with van der Waals surface area (Å²) in [5, 5.41) is 14.3. The van der Waals surface area contributed by atoms with Crippen LogP contribution in [0.25, 0.3) is 0 Å². The van der Waals surface area contributed by atoms with E-state index in [1.165, 1.54) is 41.3 Å². The molecular weight excluding hydrogens is 556 g/mol. The Kier molecular flexibility index (Phi) is 9.95. The van der Waals surface area contributed by atoms with E-state index in [0.29, 0.717) is 6.42 Å². The molecule has 11 heteroatoms. The number of amides is 2. The fourth-order valence-corrected chi connectivity index (χ4v) is 6.68. The SMILES string of the molecule is CCC(C(=O)NC1CCCC1)N(Cc1ccccc1C)C(=O)CN(c1ccc([N+](=O)[O-])cc1)S(=O)(=O)c1ccccc1. The largest absolute Gasteiger partial charge is 0.352 e. The van der Waals surface area contributed by atoms with Gasteiger partial charge in [-0.25, -0.2) is 8.42 Å². The first kappa shape index (κ1) is 30.7. The van der Waals surface area contributed by atoms with Crippen molar-refractivity contribution in [3.63, 3.8) is 0 Å². The van der Waals surface area contributed by atoms with E-state index in [1.807, 2.05) is 38.1 Å². The normalized spacial score (nSPS) is 14.2. The highest BCUT2D eigenvalue weighted by Crippen LogP contribution is 2.27. The van der Waals surface area contributed by atoms with Crippen LogP contribution in [0.2, 0.25) is 0 Å². The zero-order valence-corrected chi connectivity index (χ0v) is 24.6. The number of nitrogens with one attached hydrogen (secondary N) is 1. The van der Waals surface area contributed by atoms with Gasteiger partial charge in [0.25, 0.3) is 15.7 Å². The van der Waals surface area contributed by atoms with Gasteiger partial charge in [0.1, 0.15) is 12.6 Å². The van der Waals surface area contributed by atoms with E-state index in [4.69, 9.17) is 0 Å². The summed E-state index contributed by atoms with van der Waals surface area (Å²) >= 11 is 0. The second-order valence-electron chi connectivity index (χ2n) is 10.5. The van der Waals surface area contributed by atoms with Crippen molar-refractivity contribution in [1.82, 2.24) is 10.2 Å². The van der Waals surface area contributed by atoms with Crippen molar-refractivity contribution < 1.29 is 22.9 Å². The van der Waals surface area contributed by atoms with Crippen LogP contribution >= 0.6 is 0 Å². The van der Waals surface area contributed by atoms with Crippen molar-refractivity contribution in [3.8, 4) is 0 Å². The second kappa shape index (κ2) is 13.6. The van der Waals surface area contributed by atoms with Crippen molar-refractivity contribution in [1.29, 1.82) is 0 Å². The minimum Gasteiger partial charge on any atom is -0.352 e. The minimum absolute atomic E-state index is 0.0346. The summed E-state index contributed by atoms with van der Waals surface area (Å²) in [7, 11) is -4.25. The number of aryl methyl sites for hydroxylation is 1. The summed E-state index contributed by atoms with van der Waals surface area (Å²) < 4.78 is 28.7. The quantitative estimate of drug-likeness (QED) is 0.234. The van der Waals surface area contributed by atoms with E-state index in [9.17, 15) is 28.1 Å². The number of non-ortho nitro benzene ring substituents is 1. The van der Waals surface area contributed by atoms with E-state index in [2.05, 4.69) is 5.32 Å². The Labute approximate surface area is 246 Å². The molecule has 0 bridgehead atoms. The van der Waals surface area contributed by atoms with E-state index in [1.54, 1.807) is 18.2 Å². The Morgan fingerprint density at radius 3 is 2.19 bits per heavy atom. The highest BCUT2D eigenvalue weighted by atomic mass is 32.2. The molecule has 0 saturated heterocycles. The Morgan fingerprint density at radius 1 is 0.976 bits per heavy atom. The molecule has 0 aliphatic heterocycles. The van der Waals surface area contributed by atoms with Gasteiger partial charge in [0, 0.05) is 24.7 Å². The van der Waals surface area contributed by atoms with Crippen molar-refractivity contribution in [3.05, 3.63) is 100 Å². The van der Waals surface area contributed by atoms with Crippen LogP contribution in [-0.4, -0.2) is 48.7 Å². The molecule has 1 fully saturated rings. The molecule has 0 heterocycles. The van der Waals surface area contributed by atoms with E-state index in [-0.39, 0.29) is 34.8 Å². The molecule has 3 aromatic carbocycles. The predicted octanol–water partition coefficient (Wildman–Crippen LogP) is 4.96. The smallest absolute Gasteiger partial charge is 0.269 e. The highest BCUT2D eigenvalue weighted by Gasteiger charge is 2.34. The number of nitro benzene ring substituents is 1. The third-order valence-electron chi connectivity index (χ3n) is 7.65. The number of benzene rings is 3. The van der Waals surface area contributed by atoms with Crippen molar-refractivity contribution in [2.24, 2.45) is 0 Å².